The van der Waals surface area contributed by atoms with E-state index >= 15 is 0 Å². The minimum atomic E-state index is -0.663. The lowest BCUT2D eigenvalue weighted by molar-refractivity contribution is -0.144. The monoisotopic (exact) mass is 221 g/mol. The largest absolute Gasteiger partial charge is 0.468 e. The van der Waals surface area contributed by atoms with Crippen molar-refractivity contribution >= 4 is 5.97 Å². The van der Waals surface area contributed by atoms with E-state index in [9.17, 15) is 9.18 Å². The van der Waals surface area contributed by atoms with Crippen LogP contribution in [-0.2, 0) is 16.1 Å². The third-order valence-electron chi connectivity index (χ3n) is 3.60. The molecule has 0 radical (unpaired) electrons. The van der Waals surface area contributed by atoms with Gasteiger partial charge in [-0.1, -0.05) is 12.1 Å². The summed E-state index contributed by atoms with van der Waals surface area (Å²) in [5.41, 5.74) is 0.970. The topological polar surface area (TPSA) is 38.3 Å². The van der Waals surface area contributed by atoms with Gasteiger partial charge >= 0.3 is 5.97 Å². The molecular weight excluding hydrogens is 209 g/mol. The van der Waals surface area contributed by atoms with E-state index in [0.29, 0.717) is 18.5 Å². The molecule has 84 valence electrons. The number of hydrogen-bond acceptors (Lipinski definition) is 3. The molecule has 16 heavy (non-hydrogen) atoms. The molecule has 1 N–H and O–H groups in total. The summed E-state index contributed by atoms with van der Waals surface area (Å²) in [5, 5.41) is 3.16. The molecule has 0 bridgehead atoms. The van der Waals surface area contributed by atoms with Crippen molar-refractivity contribution in [2.24, 2.45) is 0 Å². The molecule has 1 aromatic rings. The van der Waals surface area contributed by atoms with E-state index in [4.69, 9.17) is 4.74 Å². The van der Waals surface area contributed by atoms with Gasteiger partial charge in [0.25, 0.3) is 0 Å². The molecule has 1 aromatic carbocycles. The normalized spacial score (nSPS) is 30.2. The zero-order chi connectivity index (χ0) is 11.3. The van der Waals surface area contributed by atoms with Crippen molar-refractivity contribution in [3.63, 3.8) is 0 Å². The van der Waals surface area contributed by atoms with Crippen molar-refractivity contribution in [3.8, 4) is 0 Å². The molecule has 1 fully saturated rings. The number of rotatable bonds is 1. The Morgan fingerprint density at radius 1 is 1.62 bits per heavy atom. The van der Waals surface area contributed by atoms with Crippen LogP contribution in [0.5, 0.6) is 0 Å². The molecule has 1 heterocycles. The summed E-state index contributed by atoms with van der Waals surface area (Å²) in [6, 6.07) is 5.04. The van der Waals surface area contributed by atoms with Crippen molar-refractivity contribution in [1.29, 1.82) is 0 Å². The number of hydrogen-bond donors (Lipinski definition) is 1. The molecule has 4 heteroatoms. The van der Waals surface area contributed by atoms with Gasteiger partial charge in [0.05, 0.1) is 7.11 Å². The van der Waals surface area contributed by atoms with E-state index in [1.54, 1.807) is 6.07 Å². The molecule has 1 aliphatic heterocycles. The number of benzene rings is 1. The van der Waals surface area contributed by atoms with Crippen LogP contribution in [0, 0.1) is 5.82 Å². The number of esters is 1. The number of ether oxygens (including phenoxy) is 1. The predicted octanol–water partition coefficient (Wildman–Crippen LogP) is 1.33. The maximum absolute atomic E-state index is 13.7. The van der Waals surface area contributed by atoms with E-state index < -0.39 is 5.54 Å². The lowest BCUT2D eigenvalue weighted by Crippen LogP contribution is -2.44. The minimum absolute atomic E-state index is 0.0649. The molecule has 3 nitrogen and oxygen atoms in total. The van der Waals surface area contributed by atoms with Crippen LogP contribution in [0.4, 0.5) is 4.39 Å². The zero-order valence-electron chi connectivity index (χ0n) is 8.92. The maximum atomic E-state index is 13.7. The minimum Gasteiger partial charge on any atom is -0.468 e. The number of carbonyl (C=O) groups is 1. The first-order chi connectivity index (χ1) is 7.69. The smallest absolute Gasteiger partial charge is 0.326 e. The Labute approximate surface area is 92.6 Å². The fourth-order valence-electron chi connectivity index (χ4n) is 2.67. The van der Waals surface area contributed by atoms with Gasteiger partial charge in [0.1, 0.15) is 11.4 Å². The number of carbonyl (C=O) groups excluding carboxylic acids is 1. The number of fused-ring (bicyclic) bond motifs is 3. The average Bonchev–Trinajstić information content (AvgIpc) is 3.04. The van der Waals surface area contributed by atoms with Crippen molar-refractivity contribution in [2.75, 3.05) is 7.11 Å². The Kier molecular flexibility index (Phi) is 1.86. The summed E-state index contributed by atoms with van der Waals surface area (Å²) in [6.07, 6.45) is 0.633. The number of nitrogens with one attached hydrogen (secondary N) is 1. The molecular formula is C12H12FNO2. The predicted molar refractivity (Wildman–Crippen MR) is 55.3 cm³/mol. The molecule has 2 aliphatic rings. The van der Waals surface area contributed by atoms with Crippen LogP contribution in [0.3, 0.4) is 0 Å². The molecule has 3 rings (SSSR count). The van der Waals surface area contributed by atoms with Crippen LogP contribution in [0.25, 0.3) is 0 Å². The quantitative estimate of drug-likeness (QED) is 0.727. The second-order valence-electron chi connectivity index (χ2n) is 4.39. The van der Waals surface area contributed by atoms with E-state index in [1.807, 2.05) is 6.07 Å². The van der Waals surface area contributed by atoms with Gasteiger partial charge in [-0.15, -0.1) is 0 Å². The van der Waals surface area contributed by atoms with Gasteiger partial charge in [0, 0.05) is 12.5 Å². The third-order valence-corrected chi connectivity index (χ3v) is 3.60. The van der Waals surface area contributed by atoms with Gasteiger partial charge in [-0.05, 0) is 23.6 Å². The Balaban J connectivity index is 2.04. The first-order valence-corrected chi connectivity index (χ1v) is 5.30. The van der Waals surface area contributed by atoms with E-state index in [0.717, 1.165) is 5.56 Å². The molecule has 0 unspecified atom stereocenters. The highest BCUT2D eigenvalue weighted by molar-refractivity contribution is 5.87. The number of methoxy groups -OCH3 is 1. The van der Waals surface area contributed by atoms with Crippen LogP contribution in [0.1, 0.15) is 23.5 Å². The Bertz CT molecular complexity index is 474. The fraction of sp³-hybridized carbons (Fsp3) is 0.417. The van der Waals surface area contributed by atoms with E-state index in [2.05, 4.69) is 5.32 Å². The standard InChI is InChI=1S/C12H12FNO2/c1-16-11(15)12-5-8(12)10-7(6-14-12)3-2-4-9(10)13/h2-4,8,14H,5-6H2,1H3/t8-,12+/m0/s1. The highest BCUT2D eigenvalue weighted by Gasteiger charge is 2.64. The molecule has 0 aromatic heterocycles. The second-order valence-corrected chi connectivity index (χ2v) is 4.39. The average molecular weight is 221 g/mol. The highest BCUT2D eigenvalue weighted by atomic mass is 19.1. The summed E-state index contributed by atoms with van der Waals surface area (Å²) >= 11 is 0. The first kappa shape index (κ1) is 9.78. The molecule has 0 amide bonds. The van der Waals surface area contributed by atoms with Crippen molar-refractivity contribution in [1.82, 2.24) is 5.32 Å². The van der Waals surface area contributed by atoms with Gasteiger partial charge < -0.3 is 4.74 Å². The first-order valence-electron chi connectivity index (χ1n) is 5.30. The van der Waals surface area contributed by atoms with Crippen LogP contribution < -0.4 is 5.32 Å². The van der Waals surface area contributed by atoms with Crippen molar-refractivity contribution < 1.29 is 13.9 Å². The lowest BCUT2D eigenvalue weighted by atomic mass is 9.95. The van der Waals surface area contributed by atoms with Crippen LogP contribution >= 0.6 is 0 Å². The van der Waals surface area contributed by atoms with Gasteiger partial charge in [-0.25, -0.2) is 4.39 Å². The van der Waals surface area contributed by atoms with Crippen LogP contribution in [0.2, 0.25) is 0 Å². The van der Waals surface area contributed by atoms with Crippen molar-refractivity contribution in [2.45, 2.75) is 24.4 Å². The third kappa shape index (κ3) is 1.08. The summed E-state index contributed by atoms with van der Waals surface area (Å²) < 4.78 is 18.5. The number of halogens is 1. The molecule has 2 atom stereocenters. The zero-order valence-corrected chi connectivity index (χ0v) is 8.92. The second kappa shape index (κ2) is 3.04. The fourth-order valence-corrected chi connectivity index (χ4v) is 2.67. The van der Waals surface area contributed by atoms with E-state index in [1.165, 1.54) is 13.2 Å². The molecule has 0 saturated heterocycles. The van der Waals surface area contributed by atoms with Crippen LogP contribution in [-0.4, -0.2) is 18.6 Å². The summed E-state index contributed by atoms with van der Waals surface area (Å²) in [4.78, 5) is 11.6. The highest BCUT2D eigenvalue weighted by Crippen LogP contribution is 2.56. The van der Waals surface area contributed by atoms with Crippen molar-refractivity contribution in [3.05, 3.63) is 35.1 Å². The summed E-state index contributed by atoms with van der Waals surface area (Å²) in [6.45, 7) is 0.526. The van der Waals surface area contributed by atoms with E-state index in [-0.39, 0.29) is 17.7 Å². The SMILES string of the molecule is COC(=O)[C@@]12C[C@H]1c1c(F)cccc1CN2. The summed E-state index contributed by atoms with van der Waals surface area (Å²) in [7, 11) is 1.37. The van der Waals surface area contributed by atoms with Gasteiger partial charge in [0.15, 0.2) is 0 Å². The van der Waals surface area contributed by atoms with Gasteiger partial charge in [-0.3, -0.25) is 10.1 Å². The van der Waals surface area contributed by atoms with Gasteiger partial charge in [0.2, 0.25) is 0 Å². The Morgan fingerprint density at radius 3 is 3.19 bits per heavy atom. The molecule has 1 aliphatic carbocycles. The van der Waals surface area contributed by atoms with Gasteiger partial charge in [-0.2, -0.15) is 0 Å². The molecule has 0 spiro atoms. The Hall–Kier alpha value is -1.42. The Morgan fingerprint density at radius 2 is 2.44 bits per heavy atom. The summed E-state index contributed by atoms with van der Waals surface area (Å²) in [5.74, 6) is -0.564. The maximum Gasteiger partial charge on any atom is 0.326 e. The lowest BCUT2D eigenvalue weighted by Gasteiger charge is -2.24. The molecule has 1 saturated carbocycles. The van der Waals surface area contributed by atoms with Crippen LogP contribution in [0.15, 0.2) is 18.2 Å².